The van der Waals surface area contributed by atoms with Crippen molar-refractivity contribution in [2.75, 3.05) is 0 Å². The SMILES string of the molecule is Cc1ccc2occ(B(O)O)c2c1. The first kappa shape index (κ1) is 8.35. The summed E-state index contributed by atoms with van der Waals surface area (Å²) in [6.45, 7) is 1.94. The van der Waals surface area contributed by atoms with Crippen molar-refractivity contribution in [2.45, 2.75) is 6.92 Å². The van der Waals surface area contributed by atoms with Crippen LogP contribution >= 0.6 is 0 Å². The second-order valence-corrected chi connectivity index (χ2v) is 3.06. The Morgan fingerprint density at radius 3 is 2.77 bits per heavy atom. The van der Waals surface area contributed by atoms with Crippen LogP contribution in [-0.2, 0) is 0 Å². The zero-order valence-electron chi connectivity index (χ0n) is 7.19. The number of fused-ring (bicyclic) bond motifs is 1. The largest absolute Gasteiger partial charge is 0.492 e. The molecule has 1 aromatic heterocycles. The van der Waals surface area contributed by atoms with E-state index in [-0.39, 0.29) is 0 Å². The summed E-state index contributed by atoms with van der Waals surface area (Å²) < 4.78 is 5.15. The van der Waals surface area contributed by atoms with Gasteiger partial charge < -0.3 is 14.5 Å². The lowest BCUT2D eigenvalue weighted by molar-refractivity contribution is 0.425. The van der Waals surface area contributed by atoms with E-state index in [1.807, 2.05) is 25.1 Å². The fourth-order valence-electron chi connectivity index (χ4n) is 1.36. The summed E-state index contributed by atoms with van der Waals surface area (Å²) in [5.41, 5.74) is 2.16. The Morgan fingerprint density at radius 2 is 2.08 bits per heavy atom. The molecule has 0 bridgehead atoms. The summed E-state index contributed by atoms with van der Waals surface area (Å²) >= 11 is 0. The molecule has 1 aromatic carbocycles. The van der Waals surface area contributed by atoms with E-state index >= 15 is 0 Å². The van der Waals surface area contributed by atoms with Crippen molar-refractivity contribution < 1.29 is 14.5 Å². The Labute approximate surface area is 75.8 Å². The minimum atomic E-state index is -1.47. The van der Waals surface area contributed by atoms with Crippen LogP contribution in [-0.4, -0.2) is 17.2 Å². The summed E-state index contributed by atoms with van der Waals surface area (Å²) in [7, 11) is -1.47. The molecule has 0 aliphatic rings. The quantitative estimate of drug-likeness (QED) is 0.619. The molecule has 0 amide bonds. The van der Waals surface area contributed by atoms with Crippen molar-refractivity contribution in [3.05, 3.63) is 30.0 Å². The highest BCUT2D eigenvalue weighted by Crippen LogP contribution is 2.14. The minimum absolute atomic E-state index is 0.415. The number of hydrogen-bond donors (Lipinski definition) is 2. The average molecular weight is 176 g/mol. The lowest BCUT2D eigenvalue weighted by atomic mass is 9.80. The zero-order valence-corrected chi connectivity index (χ0v) is 7.19. The molecule has 3 nitrogen and oxygen atoms in total. The third-order valence-electron chi connectivity index (χ3n) is 2.04. The van der Waals surface area contributed by atoms with Crippen LogP contribution < -0.4 is 5.46 Å². The van der Waals surface area contributed by atoms with E-state index < -0.39 is 7.12 Å². The van der Waals surface area contributed by atoms with Crippen molar-refractivity contribution in [2.24, 2.45) is 0 Å². The molecule has 0 spiro atoms. The molecule has 0 unspecified atom stereocenters. The summed E-state index contributed by atoms with van der Waals surface area (Å²) in [6.07, 6.45) is 1.37. The fourth-order valence-corrected chi connectivity index (χ4v) is 1.36. The van der Waals surface area contributed by atoms with Gasteiger partial charge in [-0.1, -0.05) is 11.6 Å². The summed E-state index contributed by atoms with van der Waals surface area (Å²) in [4.78, 5) is 0. The molecule has 0 fully saturated rings. The molecular weight excluding hydrogens is 167 g/mol. The number of hydrogen-bond acceptors (Lipinski definition) is 3. The van der Waals surface area contributed by atoms with Gasteiger partial charge in [-0.3, -0.25) is 0 Å². The Kier molecular flexibility index (Phi) is 1.86. The van der Waals surface area contributed by atoms with Gasteiger partial charge in [0.1, 0.15) is 5.58 Å². The lowest BCUT2D eigenvalue weighted by Gasteiger charge is -1.95. The highest BCUT2D eigenvalue weighted by atomic mass is 16.4. The minimum Gasteiger partial charge on any atom is -0.465 e. The molecule has 1 heterocycles. The van der Waals surface area contributed by atoms with Gasteiger partial charge in [0.25, 0.3) is 0 Å². The molecule has 0 aliphatic carbocycles. The van der Waals surface area contributed by atoms with Crippen LogP contribution in [0.15, 0.2) is 28.9 Å². The molecule has 2 rings (SSSR count). The third-order valence-corrected chi connectivity index (χ3v) is 2.04. The molecule has 0 saturated carbocycles. The Bertz CT molecular complexity index is 433. The first-order valence-electron chi connectivity index (χ1n) is 4.02. The normalized spacial score (nSPS) is 10.7. The molecule has 2 aromatic rings. The highest BCUT2D eigenvalue weighted by molar-refractivity contribution is 6.61. The number of furan rings is 1. The van der Waals surface area contributed by atoms with E-state index in [0.29, 0.717) is 11.0 Å². The number of rotatable bonds is 1. The Morgan fingerprint density at radius 1 is 1.31 bits per heavy atom. The maximum absolute atomic E-state index is 9.00. The Hall–Kier alpha value is -1.26. The predicted octanol–water partition coefficient (Wildman–Crippen LogP) is 0.421. The van der Waals surface area contributed by atoms with Crippen LogP contribution in [0.1, 0.15) is 5.56 Å². The van der Waals surface area contributed by atoms with Gasteiger partial charge in [-0.25, -0.2) is 0 Å². The topological polar surface area (TPSA) is 53.6 Å². The molecule has 0 radical (unpaired) electrons. The van der Waals surface area contributed by atoms with E-state index in [4.69, 9.17) is 14.5 Å². The molecule has 0 saturated heterocycles. The van der Waals surface area contributed by atoms with Gasteiger partial charge in [0.2, 0.25) is 0 Å². The third kappa shape index (κ3) is 1.34. The average Bonchev–Trinajstić information content (AvgIpc) is 2.46. The summed E-state index contributed by atoms with van der Waals surface area (Å²) in [5, 5.41) is 18.8. The van der Waals surface area contributed by atoms with E-state index in [1.165, 1.54) is 6.26 Å². The van der Waals surface area contributed by atoms with Gasteiger partial charge in [0.05, 0.1) is 6.26 Å². The highest BCUT2D eigenvalue weighted by Gasteiger charge is 2.17. The van der Waals surface area contributed by atoms with Gasteiger partial charge >= 0.3 is 7.12 Å². The molecule has 0 atom stereocenters. The van der Waals surface area contributed by atoms with E-state index in [2.05, 4.69) is 0 Å². The van der Waals surface area contributed by atoms with Crippen molar-refractivity contribution in [3.63, 3.8) is 0 Å². The molecule has 66 valence electrons. The van der Waals surface area contributed by atoms with Crippen molar-refractivity contribution in [1.29, 1.82) is 0 Å². The van der Waals surface area contributed by atoms with E-state index in [1.54, 1.807) is 0 Å². The van der Waals surface area contributed by atoms with E-state index in [0.717, 1.165) is 10.9 Å². The Balaban J connectivity index is 2.71. The zero-order chi connectivity index (χ0) is 9.42. The van der Waals surface area contributed by atoms with Crippen LogP contribution in [0.3, 0.4) is 0 Å². The van der Waals surface area contributed by atoms with Crippen LogP contribution in [0.5, 0.6) is 0 Å². The van der Waals surface area contributed by atoms with Crippen LogP contribution in [0.2, 0.25) is 0 Å². The molecule has 13 heavy (non-hydrogen) atoms. The predicted molar refractivity (Wildman–Crippen MR) is 50.8 cm³/mol. The van der Waals surface area contributed by atoms with Crippen LogP contribution in [0, 0.1) is 6.92 Å². The maximum atomic E-state index is 9.00. The van der Waals surface area contributed by atoms with Gasteiger partial charge in [-0.15, -0.1) is 0 Å². The molecular formula is C9H9BO3. The van der Waals surface area contributed by atoms with Gasteiger partial charge in [0.15, 0.2) is 0 Å². The molecule has 4 heteroatoms. The van der Waals surface area contributed by atoms with Crippen LogP contribution in [0.25, 0.3) is 11.0 Å². The van der Waals surface area contributed by atoms with Gasteiger partial charge in [-0.05, 0) is 19.1 Å². The number of benzene rings is 1. The lowest BCUT2D eigenvalue weighted by Crippen LogP contribution is -2.28. The van der Waals surface area contributed by atoms with Gasteiger partial charge in [0, 0.05) is 10.8 Å². The standard InChI is InChI=1S/C9H9BO3/c1-6-2-3-9-7(4-6)8(5-13-9)10(11)12/h2-5,11-12H,1H3. The first-order chi connectivity index (χ1) is 6.18. The second-order valence-electron chi connectivity index (χ2n) is 3.06. The second kappa shape index (κ2) is 2.90. The van der Waals surface area contributed by atoms with E-state index in [9.17, 15) is 0 Å². The maximum Gasteiger partial charge on any atom is 0.492 e. The van der Waals surface area contributed by atoms with Gasteiger partial charge in [-0.2, -0.15) is 0 Å². The van der Waals surface area contributed by atoms with Crippen molar-refractivity contribution in [3.8, 4) is 0 Å². The van der Waals surface area contributed by atoms with Crippen molar-refractivity contribution in [1.82, 2.24) is 0 Å². The number of aryl methyl sites for hydroxylation is 1. The summed E-state index contributed by atoms with van der Waals surface area (Å²) in [5.74, 6) is 0. The van der Waals surface area contributed by atoms with Crippen LogP contribution in [0.4, 0.5) is 0 Å². The summed E-state index contributed by atoms with van der Waals surface area (Å²) in [6, 6.07) is 5.60. The van der Waals surface area contributed by atoms with Crippen molar-refractivity contribution >= 4 is 23.6 Å². The molecule has 0 aliphatic heterocycles. The smallest absolute Gasteiger partial charge is 0.465 e. The fraction of sp³-hybridized carbons (Fsp3) is 0.111. The first-order valence-corrected chi connectivity index (χ1v) is 4.02. The molecule has 2 N–H and O–H groups in total. The monoisotopic (exact) mass is 176 g/mol.